The minimum absolute atomic E-state index is 0.156. The van der Waals surface area contributed by atoms with Crippen LogP contribution in [0.5, 0.6) is 11.5 Å². The summed E-state index contributed by atoms with van der Waals surface area (Å²) in [6.07, 6.45) is 0.236. The molecule has 0 unspecified atom stereocenters. The molecule has 0 saturated carbocycles. The lowest BCUT2D eigenvalue weighted by Gasteiger charge is -2.10. The molecule has 2 N–H and O–H groups in total. The van der Waals surface area contributed by atoms with Crippen LogP contribution in [-0.2, 0) is 11.2 Å². The zero-order valence-electron chi connectivity index (χ0n) is 18.1. The van der Waals surface area contributed by atoms with Crippen molar-refractivity contribution in [3.8, 4) is 22.6 Å². The number of nitrogens with one attached hydrogen (secondary N) is 2. The van der Waals surface area contributed by atoms with Crippen molar-refractivity contribution in [3.63, 3.8) is 0 Å². The standard InChI is InChI=1S/C28H22N2O3/c1-18-7-13-26-24(15-18)30-28(32)23-17-22(12-14-25(23)33-26)29-27(31)16-19-8-10-21(11-9-19)20-5-3-2-4-6-20/h2-15,17H,16H2,1H3,(H,29,31)(H,30,32). The monoisotopic (exact) mass is 434 g/mol. The molecule has 0 bridgehead atoms. The molecule has 4 aromatic carbocycles. The van der Waals surface area contributed by atoms with Crippen molar-refractivity contribution < 1.29 is 14.3 Å². The lowest BCUT2D eigenvalue weighted by molar-refractivity contribution is -0.115. The van der Waals surface area contributed by atoms with Crippen LogP contribution in [0.3, 0.4) is 0 Å². The molecule has 0 aliphatic carbocycles. The number of benzene rings is 4. The molecule has 2 amide bonds. The summed E-state index contributed by atoms with van der Waals surface area (Å²) in [5, 5.41) is 5.77. The van der Waals surface area contributed by atoms with Gasteiger partial charge in [0.05, 0.1) is 17.7 Å². The molecule has 33 heavy (non-hydrogen) atoms. The molecule has 4 aromatic rings. The molecule has 0 fully saturated rings. The predicted molar refractivity (Wildman–Crippen MR) is 130 cm³/mol. The summed E-state index contributed by atoms with van der Waals surface area (Å²) >= 11 is 0. The molecule has 5 rings (SSSR count). The van der Waals surface area contributed by atoms with Crippen molar-refractivity contribution in [3.05, 3.63) is 108 Å². The molecule has 0 radical (unpaired) electrons. The third-order valence-corrected chi connectivity index (χ3v) is 5.54. The Morgan fingerprint density at radius 3 is 2.36 bits per heavy atom. The van der Waals surface area contributed by atoms with E-state index in [4.69, 9.17) is 4.74 Å². The molecular weight excluding hydrogens is 412 g/mol. The van der Waals surface area contributed by atoms with E-state index in [0.29, 0.717) is 28.4 Å². The summed E-state index contributed by atoms with van der Waals surface area (Å²) in [5.74, 6) is 0.603. The number of carbonyl (C=O) groups is 2. The van der Waals surface area contributed by atoms with E-state index in [9.17, 15) is 9.59 Å². The molecule has 5 nitrogen and oxygen atoms in total. The van der Waals surface area contributed by atoms with E-state index in [1.807, 2.05) is 67.6 Å². The Morgan fingerprint density at radius 2 is 1.58 bits per heavy atom. The summed E-state index contributed by atoms with van der Waals surface area (Å²) in [6, 6.07) is 28.8. The van der Waals surface area contributed by atoms with Crippen LogP contribution in [0.15, 0.2) is 91.0 Å². The van der Waals surface area contributed by atoms with Gasteiger partial charge in [0.2, 0.25) is 5.91 Å². The fraction of sp³-hybridized carbons (Fsp3) is 0.0714. The lowest BCUT2D eigenvalue weighted by Crippen LogP contribution is -2.15. The smallest absolute Gasteiger partial charge is 0.259 e. The summed E-state index contributed by atoms with van der Waals surface area (Å²) in [4.78, 5) is 25.4. The summed E-state index contributed by atoms with van der Waals surface area (Å²) < 4.78 is 5.94. The Balaban J connectivity index is 1.29. The van der Waals surface area contributed by atoms with Gasteiger partial charge in [-0.1, -0.05) is 60.7 Å². The van der Waals surface area contributed by atoms with E-state index in [2.05, 4.69) is 22.8 Å². The quantitative estimate of drug-likeness (QED) is 0.402. The van der Waals surface area contributed by atoms with E-state index in [-0.39, 0.29) is 18.2 Å². The van der Waals surface area contributed by atoms with Gasteiger partial charge in [0.1, 0.15) is 5.75 Å². The van der Waals surface area contributed by atoms with E-state index < -0.39 is 0 Å². The van der Waals surface area contributed by atoms with Gasteiger partial charge < -0.3 is 15.4 Å². The van der Waals surface area contributed by atoms with Crippen LogP contribution in [0, 0.1) is 6.92 Å². The topological polar surface area (TPSA) is 67.4 Å². The number of ether oxygens (including phenoxy) is 1. The van der Waals surface area contributed by atoms with Gasteiger partial charge in [-0.05, 0) is 59.5 Å². The summed E-state index contributed by atoms with van der Waals surface area (Å²) in [6.45, 7) is 1.95. The Hall–Kier alpha value is -4.38. The Labute approximate surface area is 192 Å². The molecule has 0 aromatic heterocycles. The maximum Gasteiger partial charge on any atom is 0.259 e. The minimum Gasteiger partial charge on any atom is -0.454 e. The van der Waals surface area contributed by atoms with Gasteiger partial charge >= 0.3 is 0 Å². The molecule has 1 aliphatic rings. The van der Waals surface area contributed by atoms with Crippen LogP contribution >= 0.6 is 0 Å². The maximum absolute atomic E-state index is 12.8. The van der Waals surface area contributed by atoms with Crippen molar-refractivity contribution in [1.29, 1.82) is 0 Å². The summed E-state index contributed by atoms with van der Waals surface area (Å²) in [5.41, 5.74) is 5.71. The first-order valence-electron chi connectivity index (χ1n) is 10.7. The van der Waals surface area contributed by atoms with Crippen LogP contribution in [0.2, 0.25) is 0 Å². The van der Waals surface area contributed by atoms with Crippen molar-refractivity contribution in [1.82, 2.24) is 0 Å². The number of anilines is 2. The average Bonchev–Trinajstić information content (AvgIpc) is 2.95. The third-order valence-electron chi connectivity index (χ3n) is 5.54. The molecule has 162 valence electrons. The second-order valence-electron chi connectivity index (χ2n) is 8.05. The number of hydrogen-bond acceptors (Lipinski definition) is 3. The lowest BCUT2D eigenvalue weighted by atomic mass is 10.0. The van der Waals surface area contributed by atoms with Crippen molar-refractivity contribution in [2.75, 3.05) is 10.6 Å². The van der Waals surface area contributed by atoms with E-state index in [1.54, 1.807) is 18.2 Å². The number of hydrogen-bond donors (Lipinski definition) is 2. The van der Waals surface area contributed by atoms with Crippen LogP contribution in [-0.4, -0.2) is 11.8 Å². The zero-order chi connectivity index (χ0) is 22.8. The highest BCUT2D eigenvalue weighted by Crippen LogP contribution is 2.37. The Morgan fingerprint density at radius 1 is 0.848 bits per heavy atom. The number of rotatable bonds is 4. The van der Waals surface area contributed by atoms with Gasteiger partial charge in [0.15, 0.2) is 5.75 Å². The van der Waals surface area contributed by atoms with E-state index in [0.717, 1.165) is 22.3 Å². The fourth-order valence-electron chi connectivity index (χ4n) is 3.85. The van der Waals surface area contributed by atoms with Crippen molar-refractivity contribution in [2.45, 2.75) is 13.3 Å². The fourth-order valence-corrected chi connectivity index (χ4v) is 3.85. The second-order valence-corrected chi connectivity index (χ2v) is 8.05. The summed E-state index contributed by atoms with van der Waals surface area (Å²) in [7, 11) is 0. The molecule has 1 heterocycles. The van der Waals surface area contributed by atoms with Gasteiger partial charge in [-0.2, -0.15) is 0 Å². The second kappa shape index (κ2) is 8.63. The highest BCUT2D eigenvalue weighted by molar-refractivity contribution is 6.09. The average molecular weight is 434 g/mol. The normalized spacial score (nSPS) is 12.0. The Bertz CT molecular complexity index is 1350. The van der Waals surface area contributed by atoms with Crippen LogP contribution < -0.4 is 15.4 Å². The highest BCUT2D eigenvalue weighted by atomic mass is 16.5. The van der Waals surface area contributed by atoms with Gasteiger partial charge in [-0.15, -0.1) is 0 Å². The number of amides is 2. The van der Waals surface area contributed by atoms with Gasteiger partial charge in [0.25, 0.3) is 5.91 Å². The van der Waals surface area contributed by atoms with E-state index in [1.165, 1.54) is 0 Å². The molecule has 0 saturated heterocycles. The molecule has 0 spiro atoms. The van der Waals surface area contributed by atoms with Crippen molar-refractivity contribution >= 4 is 23.2 Å². The molecule has 1 aliphatic heterocycles. The van der Waals surface area contributed by atoms with Gasteiger partial charge in [-0.25, -0.2) is 0 Å². The highest BCUT2D eigenvalue weighted by Gasteiger charge is 2.21. The SMILES string of the molecule is Cc1ccc2c(c1)NC(=O)c1cc(NC(=O)Cc3ccc(-c4ccccc4)cc3)ccc1O2. The maximum atomic E-state index is 12.8. The first-order chi connectivity index (χ1) is 16.0. The van der Waals surface area contributed by atoms with Crippen LogP contribution in [0.25, 0.3) is 11.1 Å². The number of fused-ring (bicyclic) bond motifs is 2. The third kappa shape index (κ3) is 4.48. The first kappa shape index (κ1) is 20.5. The largest absolute Gasteiger partial charge is 0.454 e. The number of aryl methyl sites for hydroxylation is 1. The van der Waals surface area contributed by atoms with Gasteiger partial charge in [0, 0.05) is 5.69 Å². The first-order valence-corrected chi connectivity index (χ1v) is 10.7. The molecule has 0 atom stereocenters. The van der Waals surface area contributed by atoms with Crippen molar-refractivity contribution in [2.24, 2.45) is 0 Å². The molecule has 5 heteroatoms. The predicted octanol–water partition coefficient (Wildman–Crippen LogP) is 6.20. The van der Waals surface area contributed by atoms with E-state index >= 15 is 0 Å². The number of carbonyl (C=O) groups excluding carboxylic acids is 2. The van der Waals surface area contributed by atoms with Crippen LogP contribution in [0.1, 0.15) is 21.5 Å². The molecular formula is C28H22N2O3. The van der Waals surface area contributed by atoms with Gasteiger partial charge in [-0.3, -0.25) is 9.59 Å². The Kier molecular flexibility index (Phi) is 5.37. The van der Waals surface area contributed by atoms with Crippen LogP contribution in [0.4, 0.5) is 11.4 Å². The zero-order valence-corrected chi connectivity index (χ0v) is 18.1. The minimum atomic E-state index is -0.276.